The summed E-state index contributed by atoms with van der Waals surface area (Å²) in [6, 6.07) is -1.15. The van der Waals surface area contributed by atoms with Crippen molar-refractivity contribution in [2.24, 2.45) is 5.41 Å². The maximum absolute atomic E-state index is 13.2. The van der Waals surface area contributed by atoms with E-state index < -0.39 is 29.0 Å². The quantitative estimate of drug-likeness (QED) is 0.584. The molecule has 2 atom stereocenters. The van der Waals surface area contributed by atoms with Gasteiger partial charge in [0.05, 0.1) is 5.54 Å². The Morgan fingerprint density at radius 2 is 1.54 bits per heavy atom. The molecular formula is C21H39N3O4. The Labute approximate surface area is 170 Å². The Hall–Kier alpha value is -1.89. The van der Waals surface area contributed by atoms with Crippen LogP contribution in [0.2, 0.25) is 0 Å². The zero-order chi connectivity index (χ0) is 22.4. The predicted octanol–water partition coefficient (Wildman–Crippen LogP) is 2.52. The number of aliphatic carboxylic acids is 1. The van der Waals surface area contributed by atoms with E-state index in [4.69, 9.17) is 5.11 Å². The van der Waals surface area contributed by atoms with Gasteiger partial charge in [0, 0.05) is 18.7 Å². The van der Waals surface area contributed by atoms with Crippen LogP contribution in [0, 0.1) is 5.41 Å². The molecule has 0 aliphatic rings. The molecule has 0 aromatic heterocycles. The molecule has 0 saturated heterocycles. The average molecular weight is 398 g/mol. The van der Waals surface area contributed by atoms with Crippen molar-refractivity contribution < 1.29 is 19.5 Å². The molecule has 0 fully saturated rings. The molecule has 0 bridgehead atoms. The number of hydrogen-bond acceptors (Lipinski definition) is 4. The van der Waals surface area contributed by atoms with Crippen molar-refractivity contribution in [3.63, 3.8) is 0 Å². The Balaban J connectivity index is 5.78. The lowest BCUT2D eigenvalue weighted by Crippen LogP contribution is -2.62. The number of rotatable bonds is 9. The minimum absolute atomic E-state index is 0.172. The number of carboxylic acid groups (broad SMARTS) is 1. The van der Waals surface area contributed by atoms with E-state index in [0.29, 0.717) is 12.8 Å². The molecule has 0 rings (SSSR count). The van der Waals surface area contributed by atoms with E-state index in [1.165, 1.54) is 17.9 Å². The van der Waals surface area contributed by atoms with Crippen LogP contribution in [0.5, 0.6) is 0 Å². The van der Waals surface area contributed by atoms with Crippen LogP contribution in [0.3, 0.4) is 0 Å². The molecule has 0 spiro atoms. The summed E-state index contributed by atoms with van der Waals surface area (Å²) in [5.74, 6) is -1.44. The Bertz CT molecular complexity index is 601. The van der Waals surface area contributed by atoms with Crippen molar-refractivity contribution >= 4 is 17.8 Å². The highest BCUT2D eigenvalue weighted by atomic mass is 16.4. The number of carbonyl (C=O) groups excluding carboxylic acids is 2. The van der Waals surface area contributed by atoms with Crippen molar-refractivity contribution in [3.05, 3.63) is 11.6 Å². The fourth-order valence-electron chi connectivity index (χ4n) is 3.27. The minimum atomic E-state index is -1.02. The first kappa shape index (κ1) is 26.1. The first-order chi connectivity index (χ1) is 12.6. The molecule has 0 aliphatic carbocycles. The standard InChI is InChI=1S/C21H39N3O4/c1-11-21(12-2,23(8)9)19(28)22-16(20(5,6)7)17(25)24(10)15(4)13-14(3)18(26)27/h13,15-16H,11-12H2,1-10H3,(H,22,28)(H,26,27)/b14-13+. The summed E-state index contributed by atoms with van der Waals surface area (Å²) < 4.78 is 0. The monoisotopic (exact) mass is 397 g/mol. The smallest absolute Gasteiger partial charge is 0.331 e. The molecule has 0 aromatic rings. The topological polar surface area (TPSA) is 90.0 Å². The van der Waals surface area contributed by atoms with Gasteiger partial charge in [-0.15, -0.1) is 0 Å². The van der Waals surface area contributed by atoms with Crippen LogP contribution in [-0.2, 0) is 14.4 Å². The van der Waals surface area contributed by atoms with E-state index in [2.05, 4.69) is 5.32 Å². The van der Waals surface area contributed by atoms with Gasteiger partial charge in [0.25, 0.3) is 0 Å². The molecule has 2 unspecified atom stereocenters. The second kappa shape index (κ2) is 10.0. The lowest BCUT2D eigenvalue weighted by molar-refractivity contribution is -0.143. The molecule has 0 aromatic carbocycles. The van der Waals surface area contributed by atoms with Crippen molar-refractivity contribution in [1.82, 2.24) is 15.1 Å². The van der Waals surface area contributed by atoms with Crippen molar-refractivity contribution in [2.75, 3.05) is 21.1 Å². The molecule has 0 heterocycles. The van der Waals surface area contributed by atoms with E-state index >= 15 is 0 Å². The van der Waals surface area contributed by atoms with Gasteiger partial charge in [-0.25, -0.2) is 4.79 Å². The summed E-state index contributed by atoms with van der Waals surface area (Å²) >= 11 is 0. The molecule has 7 heteroatoms. The molecule has 2 N–H and O–H groups in total. The van der Waals surface area contributed by atoms with Crippen LogP contribution in [0.25, 0.3) is 0 Å². The van der Waals surface area contributed by atoms with Gasteiger partial charge in [-0.1, -0.05) is 40.7 Å². The molecule has 7 nitrogen and oxygen atoms in total. The Morgan fingerprint density at radius 1 is 1.07 bits per heavy atom. The van der Waals surface area contributed by atoms with Crippen LogP contribution < -0.4 is 5.32 Å². The van der Waals surface area contributed by atoms with E-state index in [1.807, 2.05) is 53.6 Å². The number of carboxylic acids is 1. The van der Waals surface area contributed by atoms with Crippen LogP contribution in [-0.4, -0.2) is 71.5 Å². The van der Waals surface area contributed by atoms with Crippen molar-refractivity contribution in [2.45, 2.75) is 78.9 Å². The van der Waals surface area contributed by atoms with Crippen LogP contribution >= 0.6 is 0 Å². The van der Waals surface area contributed by atoms with Crippen molar-refractivity contribution in [3.8, 4) is 0 Å². The third-order valence-electron chi connectivity index (χ3n) is 5.62. The summed E-state index contributed by atoms with van der Waals surface area (Å²) in [7, 11) is 5.37. The van der Waals surface area contributed by atoms with Gasteiger partial charge < -0.3 is 15.3 Å². The van der Waals surface area contributed by atoms with Gasteiger partial charge in [-0.3, -0.25) is 14.5 Å². The second-order valence-corrected chi connectivity index (χ2v) is 8.75. The van der Waals surface area contributed by atoms with E-state index in [1.54, 1.807) is 14.0 Å². The molecule has 0 radical (unpaired) electrons. The third kappa shape index (κ3) is 6.06. The van der Waals surface area contributed by atoms with Gasteiger partial charge in [-0.2, -0.15) is 0 Å². The molecule has 162 valence electrons. The summed E-state index contributed by atoms with van der Waals surface area (Å²) in [5, 5.41) is 12.1. The average Bonchev–Trinajstić information content (AvgIpc) is 2.58. The van der Waals surface area contributed by atoms with Gasteiger partial charge >= 0.3 is 5.97 Å². The number of carbonyl (C=O) groups is 3. The van der Waals surface area contributed by atoms with Crippen molar-refractivity contribution in [1.29, 1.82) is 0 Å². The Kier molecular flexibility index (Phi) is 9.37. The lowest BCUT2D eigenvalue weighted by atomic mass is 9.83. The van der Waals surface area contributed by atoms with E-state index in [9.17, 15) is 14.4 Å². The lowest BCUT2D eigenvalue weighted by Gasteiger charge is -2.41. The molecule has 0 saturated carbocycles. The molecule has 28 heavy (non-hydrogen) atoms. The second-order valence-electron chi connectivity index (χ2n) is 8.75. The molecule has 0 aliphatic heterocycles. The first-order valence-corrected chi connectivity index (χ1v) is 9.82. The predicted molar refractivity (Wildman–Crippen MR) is 112 cm³/mol. The number of nitrogens with zero attached hydrogens (tertiary/aromatic N) is 2. The largest absolute Gasteiger partial charge is 0.478 e. The van der Waals surface area contributed by atoms with E-state index in [-0.39, 0.29) is 17.4 Å². The number of amides is 2. The normalized spacial score (nSPS) is 15.2. The fourth-order valence-corrected chi connectivity index (χ4v) is 3.27. The van der Waals surface area contributed by atoms with Crippen LogP contribution in [0.4, 0.5) is 0 Å². The molecule has 2 amide bonds. The summed E-state index contributed by atoms with van der Waals surface area (Å²) in [6.45, 7) is 12.9. The summed E-state index contributed by atoms with van der Waals surface area (Å²) in [4.78, 5) is 40.8. The van der Waals surface area contributed by atoms with Crippen LogP contribution in [0.1, 0.15) is 61.3 Å². The maximum Gasteiger partial charge on any atom is 0.331 e. The highest BCUT2D eigenvalue weighted by Crippen LogP contribution is 2.26. The fraction of sp³-hybridized carbons (Fsp3) is 0.762. The van der Waals surface area contributed by atoms with Crippen LogP contribution in [0.15, 0.2) is 11.6 Å². The van der Waals surface area contributed by atoms with Gasteiger partial charge in [0.15, 0.2) is 0 Å². The zero-order valence-corrected chi connectivity index (χ0v) is 19.2. The maximum atomic E-state index is 13.2. The highest BCUT2D eigenvalue weighted by molar-refractivity contribution is 5.93. The van der Waals surface area contributed by atoms with E-state index in [0.717, 1.165) is 0 Å². The van der Waals surface area contributed by atoms with Gasteiger partial charge in [-0.05, 0) is 46.2 Å². The minimum Gasteiger partial charge on any atom is -0.478 e. The zero-order valence-electron chi connectivity index (χ0n) is 19.2. The first-order valence-electron chi connectivity index (χ1n) is 9.82. The third-order valence-corrected chi connectivity index (χ3v) is 5.62. The number of hydrogen-bond donors (Lipinski definition) is 2. The summed E-state index contributed by atoms with van der Waals surface area (Å²) in [5.41, 5.74) is -1.02. The molecular weight excluding hydrogens is 358 g/mol. The number of likely N-dealkylation sites (N-methyl/N-ethyl adjacent to an activating group) is 2. The van der Waals surface area contributed by atoms with Gasteiger partial charge in [0.1, 0.15) is 6.04 Å². The van der Waals surface area contributed by atoms with Gasteiger partial charge in [0.2, 0.25) is 11.8 Å². The number of nitrogens with one attached hydrogen (secondary N) is 1. The Morgan fingerprint density at radius 3 is 1.86 bits per heavy atom. The highest BCUT2D eigenvalue weighted by Gasteiger charge is 2.42. The summed E-state index contributed by atoms with van der Waals surface area (Å²) in [6.07, 6.45) is 2.78. The SMILES string of the molecule is CCC(CC)(C(=O)NC(C(=O)N(C)C(C)/C=C(\C)C(=O)O)C(C)(C)C)N(C)C.